The maximum atomic E-state index is 4.34. The molecule has 0 amide bonds. The monoisotopic (exact) mass is 390 g/mol. The van der Waals surface area contributed by atoms with Gasteiger partial charge in [-0.2, -0.15) is 0 Å². The molecule has 0 aromatic carbocycles. The van der Waals surface area contributed by atoms with E-state index in [1.807, 2.05) is 0 Å². The second kappa shape index (κ2) is 9.73. The topological polar surface area (TPSA) is 64.1 Å². The number of halogens is 2. The van der Waals surface area contributed by atoms with E-state index in [-0.39, 0.29) is 51.1 Å². The molecule has 0 aliphatic heterocycles. The standard InChI is InChI=1S/C14H31N.2BrH.H3N/c1-8-9-10-11-12(2,3)13(4,5)14(6,7)15;;;/h8-11,15H2,1-7H3;2*1H;1H3. The average Bonchev–Trinajstić information content (AvgIpc) is 2.02. The van der Waals surface area contributed by atoms with Crippen LogP contribution in [0.1, 0.15) is 74.1 Å². The molecule has 0 rings (SSSR count). The van der Waals surface area contributed by atoms with Gasteiger partial charge in [0.25, 0.3) is 0 Å². The van der Waals surface area contributed by atoms with Crippen LogP contribution in [0.4, 0.5) is 0 Å². The SMILES string of the molecule is CCCCCC(C)(C)C(C)(C)C(C)(C)[NH3+].[Br-].[Br-].[NH4+]. The zero-order valence-corrected chi connectivity index (χ0v) is 17.0. The fourth-order valence-electron chi connectivity index (χ4n) is 2.05. The van der Waals surface area contributed by atoms with Crippen LogP contribution in [0.3, 0.4) is 0 Å². The number of hydrogen-bond acceptors (Lipinski definition) is 0. The minimum absolute atomic E-state index is 0. The van der Waals surface area contributed by atoms with Crippen molar-refractivity contribution < 1.29 is 39.7 Å². The largest absolute Gasteiger partial charge is 1.00 e. The van der Waals surface area contributed by atoms with E-state index in [4.69, 9.17) is 0 Å². The van der Waals surface area contributed by atoms with Gasteiger partial charge in [-0.05, 0) is 25.7 Å². The molecule has 0 saturated heterocycles. The third kappa shape index (κ3) is 6.88. The summed E-state index contributed by atoms with van der Waals surface area (Å²) >= 11 is 0. The predicted molar refractivity (Wildman–Crippen MR) is 74.7 cm³/mol. The predicted octanol–water partition coefficient (Wildman–Crippen LogP) is -1.98. The zero-order chi connectivity index (χ0) is 12.3. The van der Waals surface area contributed by atoms with E-state index in [2.05, 4.69) is 54.2 Å². The van der Waals surface area contributed by atoms with Crippen molar-refractivity contribution in [3.63, 3.8) is 0 Å². The van der Waals surface area contributed by atoms with Crippen LogP contribution in [-0.2, 0) is 0 Å². The van der Waals surface area contributed by atoms with Crippen molar-refractivity contribution in [2.45, 2.75) is 79.7 Å². The molecule has 18 heavy (non-hydrogen) atoms. The Morgan fingerprint density at radius 3 is 1.50 bits per heavy atom. The number of rotatable bonds is 6. The van der Waals surface area contributed by atoms with Crippen LogP contribution >= 0.6 is 0 Å². The summed E-state index contributed by atoms with van der Waals surface area (Å²) in [5.74, 6) is 0. The van der Waals surface area contributed by atoms with Crippen molar-refractivity contribution in [1.82, 2.24) is 6.15 Å². The van der Waals surface area contributed by atoms with Crippen molar-refractivity contribution in [3.05, 3.63) is 0 Å². The Hall–Kier alpha value is 0.880. The molecule has 0 saturated carbocycles. The van der Waals surface area contributed by atoms with E-state index in [1.54, 1.807) is 0 Å². The highest BCUT2D eigenvalue weighted by atomic mass is 79.9. The lowest BCUT2D eigenvalue weighted by Crippen LogP contribution is -3.00. The molecule has 0 bridgehead atoms. The first-order valence-electron chi connectivity index (χ1n) is 6.41. The third-order valence-electron chi connectivity index (χ3n) is 4.79. The van der Waals surface area contributed by atoms with Crippen molar-refractivity contribution in [2.75, 3.05) is 0 Å². The minimum Gasteiger partial charge on any atom is -1.00 e. The Morgan fingerprint density at radius 2 is 1.22 bits per heavy atom. The number of quaternary nitrogens is 2. The average molecular weight is 392 g/mol. The van der Waals surface area contributed by atoms with Gasteiger partial charge in [0.15, 0.2) is 0 Å². The molecule has 0 spiro atoms. The molecule has 2 nitrogen and oxygen atoms in total. The molecule has 4 heteroatoms. The Labute approximate surface area is 136 Å². The van der Waals surface area contributed by atoms with Crippen LogP contribution in [0.2, 0.25) is 0 Å². The third-order valence-corrected chi connectivity index (χ3v) is 4.79. The highest BCUT2D eigenvalue weighted by molar-refractivity contribution is 4.95. The Bertz CT molecular complexity index is 196. The number of unbranched alkanes of at least 4 members (excludes halogenated alkanes) is 2. The van der Waals surface area contributed by atoms with Crippen molar-refractivity contribution in [1.29, 1.82) is 0 Å². The van der Waals surface area contributed by atoms with Gasteiger partial charge in [-0.15, -0.1) is 0 Å². The second-order valence-corrected chi connectivity index (χ2v) is 6.85. The second-order valence-electron chi connectivity index (χ2n) is 6.85. The molecule has 0 aliphatic rings. The van der Waals surface area contributed by atoms with E-state index in [0.717, 1.165) is 0 Å². The quantitative estimate of drug-likeness (QED) is 0.493. The van der Waals surface area contributed by atoms with Gasteiger partial charge in [-0.1, -0.05) is 53.9 Å². The molecule has 0 aromatic heterocycles. The van der Waals surface area contributed by atoms with Gasteiger partial charge in [-0.3, -0.25) is 0 Å². The molecule has 0 fully saturated rings. The van der Waals surface area contributed by atoms with Crippen molar-refractivity contribution in [3.8, 4) is 0 Å². The van der Waals surface area contributed by atoms with Crippen LogP contribution < -0.4 is 45.8 Å². The van der Waals surface area contributed by atoms with E-state index in [0.29, 0.717) is 5.41 Å². The molecule has 0 radical (unpaired) electrons. The highest BCUT2D eigenvalue weighted by Crippen LogP contribution is 2.47. The normalized spacial score (nSPS) is 12.0. The Balaban J connectivity index is -0.000000327. The molecule has 0 unspecified atom stereocenters. The fourth-order valence-corrected chi connectivity index (χ4v) is 2.05. The Kier molecular flexibility index (Phi) is 14.7. The summed E-state index contributed by atoms with van der Waals surface area (Å²) in [4.78, 5) is 0. The van der Waals surface area contributed by atoms with Crippen LogP contribution in [0, 0.1) is 10.8 Å². The van der Waals surface area contributed by atoms with E-state index < -0.39 is 0 Å². The van der Waals surface area contributed by atoms with Crippen LogP contribution in [0.15, 0.2) is 0 Å². The maximum absolute atomic E-state index is 4.34. The Morgan fingerprint density at radius 1 is 0.833 bits per heavy atom. The molecular formula is C14H36Br2N2. The first kappa shape index (κ1) is 27.3. The summed E-state index contributed by atoms with van der Waals surface area (Å²) in [6.07, 6.45) is 5.33. The molecule has 0 heterocycles. The van der Waals surface area contributed by atoms with Crippen molar-refractivity contribution in [2.24, 2.45) is 10.8 Å². The van der Waals surface area contributed by atoms with E-state index in [1.165, 1.54) is 25.7 Å². The van der Waals surface area contributed by atoms with Gasteiger partial charge in [0, 0.05) is 5.41 Å². The summed E-state index contributed by atoms with van der Waals surface area (Å²) in [5, 5.41) is 0. The summed E-state index contributed by atoms with van der Waals surface area (Å²) in [6, 6.07) is 0. The number of hydrogen-bond donors (Lipinski definition) is 2. The smallest absolute Gasteiger partial charge is 0.0945 e. The fraction of sp³-hybridized carbons (Fsp3) is 1.00. The zero-order valence-electron chi connectivity index (χ0n) is 13.8. The van der Waals surface area contributed by atoms with Crippen LogP contribution in [0.25, 0.3) is 0 Å². The maximum Gasteiger partial charge on any atom is 0.0945 e. The van der Waals surface area contributed by atoms with E-state index >= 15 is 0 Å². The first-order chi connectivity index (χ1) is 6.56. The minimum atomic E-state index is 0. The van der Waals surface area contributed by atoms with Gasteiger partial charge < -0.3 is 45.8 Å². The van der Waals surface area contributed by atoms with Crippen LogP contribution in [0.5, 0.6) is 0 Å². The van der Waals surface area contributed by atoms with Crippen molar-refractivity contribution >= 4 is 0 Å². The van der Waals surface area contributed by atoms with Crippen LogP contribution in [-0.4, -0.2) is 5.54 Å². The van der Waals surface area contributed by atoms with Gasteiger partial charge in [0.05, 0.1) is 5.54 Å². The lowest BCUT2D eigenvalue weighted by molar-refractivity contribution is -0.501. The molecular weight excluding hydrogens is 356 g/mol. The first-order valence-corrected chi connectivity index (χ1v) is 6.41. The molecule has 116 valence electrons. The van der Waals surface area contributed by atoms with E-state index in [9.17, 15) is 0 Å². The molecule has 7 N–H and O–H groups in total. The van der Waals surface area contributed by atoms with Gasteiger partial charge in [-0.25, -0.2) is 0 Å². The van der Waals surface area contributed by atoms with Gasteiger partial charge in [0.2, 0.25) is 0 Å². The molecule has 0 atom stereocenters. The highest BCUT2D eigenvalue weighted by Gasteiger charge is 2.48. The summed E-state index contributed by atoms with van der Waals surface area (Å²) in [5.41, 5.74) is 5.10. The van der Waals surface area contributed by atoms with Gasteiger partial charge in [0.1, 0.15) is 0 Å². The summed E-state index contributed by atoms with van der Waals surface area (Å²) < 4.78 is 0. The lowest BCUT2D eigenvalue weighted by atomic mass is 9.57. The van der Waals surface area contributed by atoms with Gasteiger partial charge >= 0.3 is 0 Å². The summed E-state index contributed by atoms with van der Waals surface area (Å²) in [6.45, 7) is 16.3. The summed E-state index contributed by atoms with van der Waals surface area (Å²) in [7, 11) is 0. The lowest BCUT2D eigenvalue weighted by Gasteiger charge is -2.48. The molecule has 0 aromatic rings. The molecule has 0 aliphatic carbocycles.